The third-order valence-electron chi connectivity index (χ3n) is 4.10. The minimum atomic E-state index is -0.618. The maximum Gasteiger partial charge on any atom is 0.140 e. The summed E-state index contributed by atoms with van der Waals surface area (Å²) in [6, 6.07) is 3.32. The van der Waals surface area contributed by atoms with Crippen LogP contribution in [0.3, 0.4) is 0 Å². The molecule has 1 aliphatic carbocycles. The summed E-state index contributed by atoms with van der Waals surface area (Å²) in [4.78, 5) is 12.2. The number of ketones is 1. The first kappa shape index (κ1) is 14.2. The lowest BCUT2D eigenvalue weighted by Crippen LogP contribution is -2.27. The minimum absolute atomic E-state index is 0.0550. The quantitative estimate of drug-likeness (QED) is 0.797. The zero-order valence-electron chi connectivity index (χ0n) is 11.5. The smallest absolute Gasteiger partial charge is 0.140 e. The number of carbonyl (C=O) groups excluding carboxylic acids is 1. The molecule has 0 bridgehead atoms. The molecule has 0 radical (unpaired) electrons. The third-order valence-corrected chi connectivity index (χ3v) is 4.10. The summed E-state index contributed by atoms with van der Waals surface area (Å²) in [6.07, 6.45) is 4.01. The zero-order chi connectivity index (χ0) is 14.0. The molecule has 104 valence electrons. The molecule has 0 heterocycles. The summed E-state index contributed by atoms with van der Waals surface area (Å²) in [5.41, 5.74) is 0.759. The van der Waals surface area contributed by atoms with Crippen LogP contribution in [0.4, 0.5) is 8.78 Å². The van der Waals surface area contributed by atoms with E-state index in [4.69, 9.17) is 0 Å². The van der Waals surface area contributed by atoms with Crippen LogP contribution in [-0.4, -0.2) is 5.78 Å². The molecule has 1 saturated carbocycles. The molecule has 1 aromatic carbocycles. The first-order chi connectivity index (χ1) is 8.85. The molecule has 19 heavy (non-hydrogen) atoms. The van der Waals surface area contributed by atoms with Crippen LogP contribution in [0.1, 0.15) is 45.1 Å². The highest BCUT2D eigenvalue weighted by molar-refractivity contribution is 5.83. The predicted octanol–water partition coefficient (Wildman–Crippen LogP) is 4.29. The first-order valence-electron chi connectivity index (χ1n) is 6.83. The topological polar surface area (TPSA) is 17.1 Å². The van der Waals surface area contributed by atoms with Gasteiger partial charge in [0.05, 0.1) is 0 Å². The Morgan fingerprint density at radius 3 is 2.21 bits per heavy atom. The van der Waals surface area contributed by atoms with Crippen LogP contribution in [-0.2, 0) is 11.2 Å². The van der Waals surface area contributed by atoms with Gasteiger partial charge in [0.1, 0.15) is 17.4 Å². The molecule has 3 heteroatoms. The van der Waals surface area contributed by atoms with E-state index in [2.05, 4.69) is 13.8 Å². The number of hydrogen-bond acceptors (Lipinski definition) is 1. The van der Waals surface area contributed by atoms with E-state index in [9.17, 15) is 13.6 Å². The molecule has 2 rings (SSSR count). The van der Waals surface area contributed by atoms with Crippen LogP contribution in [0.2, 0.25) is 0 Å². The lowest BCUT2D eigenvalue weighted by Gasteiger charge is -2.33. The van der Waals surface area contributed by atoms with Crippen molar-refractivity contribution in [2.75, 3.05) is 0 Å². The molecule has 0 unspecified atom stereocenters. The second kappa shape index (κ2) is 5.40. The number of carbonyl (C=O) groups is 1. The van der Waals surface area contributed by atoms with Crippen LogP contribution >= 0.6 is 0 Å². The van der Waals surface area contributed by atoms with Crippen molar-refractivity contribution in [1.82, 2.24) is 0 Å². The van der Waals surface area contributed by atoms with Crippen molar-refractivity contribution in [1.29, 1.82) is 0 Å². The SMILES string of the molecule is CC1(C)CCC(C(=O)Cc2cc(F)cc(F)c2)CC1. The molecule has 0 atom stereocenters. The molecular weight excluding hydrogens is 246 g/mol. The Bertz CT molecular complexity index is 449. The molecule has 1 aliphatic rings. The van der Waals surface area contributed by atoms with Gasteiger partial charge in [-0.05, 0) is 48.8 Å². The summed E-state index contributed by atoms with van der Waals surface area (Å²) < 4.78 is 26.1. The standard InChI is InChI=1S/C16H20F2O/c1-16(2)5-3-12(4-6-16)15(19)9-11-7-13(17)10-14(18)8-11/h7-8,10,12H,3-6,9H2,1-2H3. The number of Topliss-reactive ketones (excluding diaryl/α,β-unsaturated/α-hetero) is 1. The Kier molecular flexibility index (Phi) is 4.02. The molecule has 1 fully saturated rings. The maximum atomic E-state index is 13.1. The highest BCUT2D eigenvalue weighted by atomic mass is 19.1. The van der Waals surface area contributed by atoms with Crippen molar-refractivity contribution in [2.45, 2.75) is 46.0 Å². The normalized spacial score (nSPS) is 19.4. The highest BCUT2D eigenvalue weighted by Crippen LogP contribution is 2.38. The average Bonchev–Trinajstić information content (AvgIpc) is 2.26. The summed E-state index contributed by atoms with van der Waals surface area (Å²) in [6.45, 7) is 4.44. The summed E-state index contributed by atoms with van der Waals surface area (Å²) in [5, 5.41) is 0. The fourth-order valence-corrected chi connectivity index (χ4v) is 2.78. The van der Waals surface area contributed by atoms with Crippen LogP contribution < -0.4 is 0 Å². The number of hydrogen-bond donors (Lipinski definition) is 0. The molecule has 1 nitrogen and oxygen atoms in total. The van der Waals surface area contributed by atoms with Gasteiger partial charge in [-0.3, -0.25) is 4.79 Å². The van der Waals surface area contributed by atoms with Gasteiger partial charge in [0.15, 0.2) is 0 Å². The van der Waals surface area contributed by atoms with Crippen molar-refractivity contribution in [3.05, 3.63) is 35.4 Å². The van der Waals surface area contributed by atoms with E-state index in [1.165, 1.54) is 12.1 Å². The second-order valence-electron chi connectivity index (χ2n) is 6.36. The predicted molar refractivity (Wildman–Crippen MR) is 70.8 cm³/mol. The Hall–Kier alpha value is -1.25. The van der Waals surface area contributed by atoms with Crippen molar-refractivity contribution >= 4 is 5.78 Å². The third kappa shape index (κ3) is 3.85. The molecule has 0 aliphatic heterocycles. The fraction of sp³-hybridized carbons (Fsp3) is 0.562. The van der Waals surface area contributed by atoms with Gasteiger partial charge in [-0.25, -0.2) is 8.78 Å². The summed E-state index contributed by atoms with van der Waals surface area (Å²) in [5.74, 6) is -1.07. The van der Waals surface area contributed by atoms with E-state index >= 15 is 0 Å². The monoisotopic (exact) mass is 266 g/mol. The van der Waals surface area contributed by atoms with E-state index in [1.54, 1.807) is 0 Å². The molecule has 0 amide bonds. The molecule has 0 spiro atoms. The van der Waals surface area contributed by atoms with E-state index in [-0.39, 0.29) is 18.1 Å². The summed E-state index contributed by atoms with van der Waals surface area (Å²) >= 11 is 0. The van der Waals surface area contributed by atoms with E-state index in [0.29, 0.717) is 11.0 Å². The van der Waals surface area contributed by atoms with Gasteiger partial charge >= 0.3 is 0 Å². The van der Waals surface area contributed by atoms with Crippen LogP contribution in [0.15, 0.2) is 18.2 Å². The molecular formula is C16H20F2O. The van der Waals surface area contributed by atoms with Gasteiger partial charge in [0.25, 0.3) is 0 Å². The molecule has 0 aromatic heterocycles. The first-order valence-corrected chi connectivity index (χ1v) is 6.83. The lowest BCUT2D eigenvalue weighted by molar-refractivity contribution is -0.123. The summed E-state index contributed by atoms with van der Waals surface area (Å²) in [7, 11) is 0. The second-order valence-corrected chi connectivity index (χ2v) is 6.36. The van der Waals surface area contributed by atoms with E-state index in [0.717, 1.165) is 31.7 Å². The van der Waals surface area contributed by atoms with E-state index < -0.39 is 11.6 Å². The van der Waals surface area contributed by atoms with Gasteiger partial charge in [0.2, 0.25) is 0 Å². The number of rotatable bonds is 3. The van der Waals surface area contributed by atoms with Gasteiger partial charge in [-0.15, -0.1) is 0 Å². The van der Waals surface area contributed by atoms with Gasteiger partial charge < -0.3 is 0 Å². The zero-order valence-corrected chi connectivity index (χ0v) is 11.5. The Labute approximate surface area is 113 Å². The van der Waals surface area contributed by atoms with Crippen molar-refractivity contribution in [3.63, 3.8) is 0 Å². The molecule has 0 saturated heterocycles. The molecule has 0 N–H and O–H groups in total. The fourth-order valence-electron chi connectivity index (χ4n) is 2.78. The average molecular weight is 266 g/mol. The largest absolute Gasteiger partial charge is 0.299 e. The van der Waals surface area contributed by atoms with E-state index in [1.807, 2.05) is 0 Å². The van der Waals surface area contributed by atoms with Gasteiger partial charge in [-0.1, -0.05) is 13.8 Å². The van der Waals surface area contributed by atoms with Crippen molar-refractivity contribution < 1.29 is 13.6 Å². The van der Waals surface area contributed by atoms with Gasteiger partial charge in [0, 0.05) is 18.4 Å². The van der Waals surface area contributed by atoms with Crippen molar-refractivity contribution in [2.24, 2.45) is 11.3 Å². The Morgan fingerprint density at radius 1 is 1.16 bits per heavy atom. The number of benzene rings is 1. The van der Waals surface area contributed by atoms with Crippen LogP contribution in [0.25, 0.3) is 0 Å². The lowest BCUT2D eigenvalue weighted by atomic mass is 9.71. The molecule has 1 aromatic rings. The van der Waals surface area contributed by atoms with Crippen molar-refractivity contribution in [3.8, 4) is 0 Å². The highest BCUT2D eigenvalue weighted by Gasteiger charge is 2.30. The Balaban J connectivity index is 1.98. The van der Waals surface area contributed by atoms with Crippen LogP contribution in [0.5, 0.6) is 0 Å². The minimum Gasteiger partial charge on any atom is -0.299 e. The van der Waals surface area contributed by atoms with Crippen LogP contribution in [0, 0.1) is 23.0 Å². The number of halogens is 2. The van der Waals surface area contributed by atoms with Gasteiger partial charge in [-0.2, -0.15) is 0 Å². The maximum absolute atomic E-state index is 13.1. The Morgan fingerprint density at radius 2 is 1.68 bits per heavy atom.